The number of esters is 1. The number of carbonyl (C=O) groups excluding carboxylic acids is 1. The summed E-state index contributed by atoms with van der Waals surface area (Å²) in [5.74, 6) is -4.37. The van der Waals surface area contributed by atoms with Gasteiger partial charge in [0, 0.05) is 2.74 Å². The molecule has 156 valence electrons. The van der Waals surface area contributed by atoms with Gasteiger partial charge < -0.3 is 23.7 Å². The lowest BCUT2D eigenvalue weighted by molar-refractivity contribution is -0.207. The zero-order chi connectivity index (χ0) is 21.8. The molecule has 3 heterocycles. The van der Waals surface area contributed by atoms with E-state index in [4.69, 9.17) is 26.4 Å². The maximum Gasteiger partial charge on any atom is 0.523 e. The predicted molar refractivity (Wildman–Crippen MR) is 78.5 cm³/mol. The molecule has 0 N–H and O–H groups in total. The predicted octanol–water partition coefficient (Wildman–Crippen LogP) is 0.818. The van der Waals surface area contributed by atoms with Gasteiger partial charge >= 0.3 is 21.6 Å². The Hall–Kier alpha value is -0.990. The molecular weight excluding hydrogens is 401 g/mol. The van der Waals surface area contributed by atoms with E-state index in [2.05, 4.69) is 4.18 Å². The van der Waals surface area contributed by atoms with Crippen molar-refractivity contribution in [1.29, 1.82) is 0 Å². The Bertz CT molecular complexity index is 766. The van der Waals surface area contributed by atoms with Crippen molar-refractivity contribution in [2.45, 2.75) is 75.2 Å². The van der Waals surface area contributed by atoms with E-state index in [0.29, 0.717) is 0 Å². The van der Waals surface area contributed by atoms with Crippen molar-refractivity contribution in [3.63, 3.8) is 0 Å². The van der Waals surface area contributed by atoms with Crippen molar-refractivity contribution in [3.05, 3.63) is 0 Å². The summed E-state index contributed by atoms with van der Waals surface area (Å²) in [4.78, 5) is 12.3. The van der Waals surface area contributed by atoms with Crippen LogP contribution in [0.3, 0.4) is 0 Å². The zero-order valence-electron chi connectivity index (χ0n) is 16.2. The SMILES string of the molecule is [2H]CC1(C)O[C@H]2[C@@H]([C@@H]3COC(C)(C[2H])O3)OC(=O)[C@@H](OS(=O)(=O)C(F)(F)F)[C@H]2O1. The van der Waals surface area contributed by atoms with Crippen LogP contribution in [-0.4, -0.2) is 68.6 Å². The van der Waals surface area contributed by atoms with Crippen LogP contribution in [0, 0.1) is 0 Å². The van der Waals surface area contributed by atoms with Crippen molar-refractivity contribution < 1.29 is 57.0 Å². The van der Waals surface area contributed by atoms with Crippen molar-refractivity contribution in [2.24, 2.45) is 0 Å². The smallest absolute Gasteiger partial charge is 0.455 e. The highest BCUT2D eigenvalue weighted by molar-refractivity contribution is 7.87. The topological polar surface area (TPSA) is 107 Å². The molecule has 0 bridgehead atoms. The standard InChI is InChI=1S/C14H19F3O9S/c1-12(2)21-5-6(23-12)7-8-9(25-13(3,4)24-8)10(11(18)22-7)26-27(19,20)14(15,16)17/h6-10H,5H2,1-4H3/t6-,7+,8-,9-,10-/m0/s1/i1D,3D/t6-,7+,8-,9-,10-,12?,13?. The van der Waals surface area contributed by atoms with Gasteiger partial charge in [0.15, 0.2) is 17.7 Å². The number of halogens is 3. The average molecular weight is 422 g/mol. The Kier molecular flexibility index (Phi) is 4.19. The van der Waals surface area contributed by atoms with Crippen molar-refractivity contribution in [1.82, 2.24) is 0 Å². The first-order valence-corrected chi connectivity index (χ1v) is 9.11. The van der Waals surface area contributed by atoms with Gasteiger partial charge in [0.1, 0.15) is 18.3 Å². The average Bonchev–Trinajstić information content (AvgIpc) is 3.18. The minimum Gasteiger partial charge on any atom is -0.455 e. The lowest BCUT2D eigenvalue weighted by Gasteiger charge is -2.37. The number of ether oxygens (including phenoxy) is 5. The number of alkyl halides is 3. The van der Waals surface area contributed by atoms with Crippen LogP contribution in [0.5, 0.6) is 0 Å². The highest BCUT2D eigenvalue weighted by atomic mass is 32.2. The molecule has 3 aliphatic heterocycles. The molecule has 0 radical (unpaired) electrons. The minimum absolute atomic E-state index is 0.121. The third kappa shape index (κ3) is 3.93. The third-order valence-electron chi connectivity index (χ3n) is 4.04. The Labute approximate surface area is 155 Å². The monoisotopic (exact) mass is 422 g/mol. The number of fused-ring (bicyclic) bond motifs is 1. The number of cyclic esters (lactones) is 1. The summed E-state index contributed by atoms with van der Waals surface area (Å²) in [5.41, 5.74) is -5.77. The summed E-state index contributed by atoms with van der Waals surface area (Å²) < 4.78 is 107. The van der Waals surface area contributed by atoms with Gasteiger partial charge in [-0.2, -0.15) is 21.6 Å². The zero-order valence-corrected chi connectivity index (χ0v) is 15.0. The molecule has 27 heavy (non-hydrogen) atoms. The molecule has 3 fully saturated rings. The van der Waals surface area contributed by atoms with Crippen LogP contribution < -0.4 is 0 Å². The highest BCUT2D eigenvalue weighted by Crippen LogP contribution is 2.41. The lowest BCUT2D eigenvalue weighted by atomic mass is 9.96. The fourth-order valence-corrected chi connectivity index (χ4v) is 3.58. The molecule has 0 spiro atoms. The van der Waals surface area contributed by atoms with Crippen LogP contribution >= 0.6 is 0 Å². The Morgan fingerprint density at radius 3 is 2.30 bits per heavy atom. The van der Waals surface area contributed by atoms with E-state index in [1.54, 1.807) is 0 Å². The van der Waals surface area contributed by atoms with Crippen molar-refractivity contribution in [2.75, 3.05) is 6.61 Å². The molecule has 3 aliphatic rings. The molecule has 7 atom stereocenters. The largest absolute Gasteiger partial charge is 0.523 e. The summed E-state index contributed by atoms with van der Waals surface area (Å²) >= 11 is 0. The first kappa shape index (κ1) is 18.1. The number of hydrogen-bond donors (Lipinski definition) is 0. The van der Waals surface area contributed by atoms with Gasteiger partial charge in [-0.3, -0.25) is 0 Å². The molecule has 0 aromatic heterocycles. The van der Waals surface area contributed by atoms with Gasteiger partial charge in [-0.15, -0.1) is 0 Å². The van der Waals surface area contributed by atoms with Crippen molar-refractivity contribution in [3.8, 4) is 0 Å². The van der Waals surface area contributed by atoms with Crippen LogP contribution in [0.4, 0.5) is 13.2 Å². The second-order valence-corrected chi connectivity index (χ2v) is 8.28. The minimum atomic E-state index is -6.14. The highest BCUT2D eigenvalue weighted by Gasteiger charge is 2.62. The maximum atomic E-state index is 12.7. The van der Waals surface area contributed by atoms with Gasteiger partial charge in [0.25, 0.3) is 0 Å². The summed E-state index contributed by atoms with van der Waals surface area (Å²) in [6.45, 7) is 1.87. The van der Waals surface area contributed by atoms with Crippen LogP contribution in [0.2, 0.25) is 0 Å². The number of hydrogen-bond acceptors (Lipinski definition) is 9. The fraction of sp³-hybridized carbons (Fsp3) is 0.929. The summed E-state index contributed by atoms with van der Waals surface area (Å²) in [7, 11) is -6.14. The van der Waals surface area contributed by atoms with E-state index >= 15 is 0 Å². The van der Waals surface area contributed by atoms with Gasteiger partial charge in [0.2, 0.25) is 6.10 Å². The van der Waals surface area contributed by atoms with E-state index in [1.165, 1.54) is 13.8 Å². The summed E-state index contributed by atoms with van der Waals surface area (Å²) in [6, 6.07) is 0. The molecule has 0 aromatic rings. The van der Waals surface area contributed by atoms with Gasteiger partial charge in [-0.1, -0.05) is 0 Å². The molecule has 3 rings (SSSR count). The van der Waals surface area contributed by atoms with E-state index in [-0.39, 0.29) is 13.5 Å². The van der Waals surface area contributed by atoms with E-state index in [0.717, 1.165) is 0 Å². The van der Waals surface area contributed by atoms with E-state index < -0.39 is 70.6 Å². The van der Waals surface area contributed by atoms with Crippen LogP contribution in [0.1, 0.15) is 30.4 Å². The molecule has 0 amide bonds. The Balaban J connectivity index is 1.89. The van der Waals surface area contributed by atoms with Gasteiger partial charge in [0.05, 0.1) is 6.61 Å². The molecular formula is C14H19F3O9S. The molecule has 0 aromatic carbocycles. The third-order valence-corrected chi connectivity index (χ3v) is 5.06. The van der Waals surface area contributed by atoms with E-state index in [9.17, 15) is 26.4 Å². The second-order valence-electron chi connectivity index (χ2n) is 6.72. The molecule has 9 nitrogen and oxygen atoms in total. The first-order valence-electron chi connectivity index (χ1n) is 9.11. The fourth-order valence-electron chi connectivity index (χ4n) is 3.01. The quantitative estimate of drug-likeness (QED) is 0.371. The molecule has 3 saturated heterocycles. The number of carbonyl (C=O) groups is 1. The van der Waals surface area contributed by atoms with Crippen LogP contribution in [0.15, 0.2) is 0 Å². The van der Waals surface area contributed by atoms with Gasteiger partial charge in [-0.05, 0) is 27.6 Å². The second kappa shape index (κ2) is 6.26. The number of rotatable bonds is 3. The normalized spacial score (nSPS) is 46.6. The van der Waals surface area contributed by atoms with Gasteiger partial charge in [-0.25, -0.2) is 8.98 Å². The summed E-state index contributed by atoms with van der Waals surface area (Å²) in [6.07, 6.45) is -7.40. The van der Waals surface area contributed by atoms with E-state index in [1.807, 2.05) is 0 Å². The first-order chi connectivity index (χ1) is 13.2. The lowest BCUT2D eigenvalue weighted by Crippen LogP contribution is -2.59. The summed E-state index contributed by atoms with van der Waals surface area (Å²) in [5, 5.41) is 0. The maximum absolute atomic E-state index is 12.7. The Morgan fingerprint density at radius 2 is 1.74 bits per heavy atom. The molecule has 0 aliphatic carbocycles. The van der Waals surface area contributed by atoms with Crippen LogP contribution in [-0.2, 0) is 42.8 Å². The molecule has 13 heteroatoms. The Morgan fingerprint density at radius 1 is 1.11 bits per heavy atom. The van der Waals surface area contributed by atoms with Crippen molar-refractivity contribution >= 4 is 16.1 Å². The van der Waals surface area contributed by atoms with Crippen LogP contribution in [0.25, 0.3) is 0 Å². The molecule has 2 unspecified atom stereocenters. The molecule has 0 saturated carbocycles.